The molecule has 0 fully saturated rings. The average Bonchev–Trinajstić information content (AvgIpc) is 2.03. The number of ether oxygens (including phenoxy) is 1. The summed E-state index contributed by atoms with van der Waals surface area (Å²) in [6.07, 6.45) is 0.293. The zero-order valence-corrected chi connectivity index (χ0v) is 8.79. The summed E-state index contributed by atoms with van der Waals surface area (Å²) in [5.74, 6) is -1.38. The molecule has 0 aliphatic carbocycles. The maximum atomic E-state index is 10.9. The smallest absolute Gasteiger partial charge is 0.333 e. The summed E-state index contributed by atoms with van der Waals surface area (Å²) in [5.41, 5.74) is -0.548. The van der Waals surface area contributed by atoms with Crippen molar-refractivity contribution >= 4 is 11.9 Å². The molecule has 0 unspecified atom stereocenters. The number of carboxylic acids is 1. The molecule has 0 aromatic carbocycles. The minimum absolute atomic E-state index is 0.102. The third kappa shape index (κ3) is 4.07. The van der Waals surface area contributed by atoms with Gasteiger partial charge in [0, 0.05) is 5.57 Å². The van der Waals surface area contributed by atoms with Crippen LogP contribution in [0, 0.1) is 5.41 Å². The molecule has 0 radical (unpaired) electrons. The summed E-state index contributed by atoms with van der Waals surface area (Å²) < 4.78 is 4.79. The molecule has 0 atom stereocenters. The maximum absolute atomic E-state index is 10.9. The van der Waals surface area contributed by atoms with Crippen LogP contribution in [0.3, 0.4) is 0 Å². The fourth-order valence-electron chi connectivity index (χ4n) is 0.629. The first-order valence-electron chi connectivity index (χ1n) is 4.33. The summed E-state index contributed by atoms with van der Waals surface area (Å²) in [5, 5.41) is 8.76. The first kappa shape index (κ1) is 12.7. The lowest BCUT2D eigenvalue weighted by molar-refractivity contribution is -0.150. The van der Waals surface area contributed by atoms with Gasteiger partial charge in [0.2, 0.25) is 0 Å². The molecular formula is C10H16O4. The SMILES string of the molecule is C=C(C)C(=O)OCCC(C)(C)C(=O)O. The van der Waals surface area contributed by atoms with Crippen molar-refractivity contribution in [3.8, 4) is 0 Å². The quantitative estimate of drug-likeness (QED) is 0.541. The highest BCUT2D eigenvalue weighted by molar-refractivity contribution is 5.86. The largest absolute Gasteiger partial charge is 0.481 e. The number of carbonyl (C=O) groups is 2. The van der Waals surface area contributed by atoms with Crippen LogP contribution < -0.4 is 0 Å². The third-order valence-electron chi connectivity index (χ3n) is 1.89. The molecule has 0 aromatic rings. The van der Waals surface area contributed by atoms with Crippen molar-refractivity contribution in [2.24, 2.45) is 5.41 Å². The van der Waals surface area contributed by atoms with Crippen LogP contribution >= 0.6 is 0 Å². The molecule has 0 aromatic heterocycles. The van der Waals surface area contributed by atoms with E-state index in [0.717, 1.165) is 0 Å². The van der Waals surface area contributed by atoms with Gasteiger partial charge in [-0.05, 0) is 27.2 Å². The van der Waals surface area contributed by atoms with Gasteiger partial charge in [-0.3, -0.25) is 4.79 Å². The van der Waals surface area contributed by atoms with Crippen LogP contribution in [-0.2, 0) is 14.3 Å². The van der Waals surface area contributed by atoms with Crippen molar-refractivity contribution in [2.75, 3.05) is 6.61 Å². The predicted molar refractivity (Wildman–Crippen MR) is 51.8 cm³/mol. The Hall–Kier alpha value is -1.32. The monoisotopic (exact) mass is 200 g/mol. The van der Waals surface area contributed by atoms with E-state index in [0.29, 0.717) is 12.0 Å². The molecule has 4 heteroatoms. The first-order valence-corrected chi connectivity index (χ1v) is 4.33. The van der Waals surface area contributed by atoms with Gasteiger partial charge < -0.3 is 9.84 Å². The highest BCUT2D eigenvalue weighted by atomic mass is 16.5. The number of aliphatic carboxylic acids is 1. The van der Waals surface area contributed by atoms with E-state index < -0.39 is 17.4 Å². The van der Waals surface area contributed by atoms with E-state index >= 15 is 0 Å². The number of hydrogen-bond donors (Lipinski definition) is 1. The first-order chi connectivity index (χ1) is 6.27. The molecule has 0 rings (SSSR count). The normalized spacial score (nSPS) is 10.8. The Labute approximate surface area is 83.6 Å². The lowest BCUT2D eigenvalue weighted by atomic mass is 9.90. The molecule has 4 nitrogen and oxygen atoms in total. The van der Waals surface area contributed by atoms with E-state index in [-0.39, 0.29) is 6.61 Å². The highest BCUT2D eigenvalue weighted by Crippen LogP contribution is 2.20. The van der Waals surface area contributed by atoms with Gasteiger partial charge in [0.25, 0.3) is 0 Å². The second-order valence-electron chi connectivity index (χ2n) is 3.86. The highest BCUT2D eigenvalue weighted by Gasteiger charge is 2.27. The fourth-order valence-corrected chi connectivity index (χ4v) is 0.629. The molecular weight excluding hydrogens is 184 g/mol. The van der Waals surface area contributed by atoms with Gasteiger partial charge in [-0.15, -0.1) is 0 Å². The molecule has 0 amide bonds. The van der Waals surface area contributed by atoms with Gasteiger partial charge >= 0.3 is 11.9 Å². The third-order valence-corrected chi connectivity index (χ3v) is 1.89. The van der Waals surface area contributed by atoms with E-state index in [4.69, 9.17) is 9.84 Å². The fraction of sp³-hybridized carbons (Fsp3) is 0.600. The van der Waals surface area contributed by atoms with Gasteiger partial charge in [0.1, 0.15) is 0 Å². The van der Waals surface area contributed by atoms with Crippen LogP contribution in [0.5, 0.6) is 0 Å². The second-order valence-corrected chi connectivity index (χ2v) is 3.86. The van der Waals surface area contributed by atoms with E-state index in [1.165, 1.54) is 0 Å². The molecule has 0 saturated carbocycles. The Bertz CT molecular complexity index is 253. The summed E-state index contributed by atoms with van der Waals surface area (Å²) in [7, 11) is 0. The van der Waals surface area contributed by atoms with Gasteiger partial charge in [-0.25, -0.2) is 4.79 Å². The zero-order chi connectivity index (χ0) is 11.4. The molecule has 80 valence electrons. The van der Waals surface area contributed by atoms with E-state index in [1.54, 1.807) is 20.8 Å². The zero-order valence-electron chi connectivity index (χ0n) is 8.79. The van der Waals surface area contributed by atoms with Crippen LogP contribution in [0.2, 0.25) is 0 Å². The lowest BCUT2D eigenvalue weighted by Crippen LogP contribution is -2.26. The Morgan fingerprint density at radius 2 is 1.93 bits per heavy atom. The Kier molecular flexibility index (Phi) is 4.34. The van der Waals surface area contributed by atoms with Crippen molar-refractivity contribution in [3.63, 3.8) is 0 Å². The van der Waals surface area contributed by atoms with Gasteiger partial charge in [0.15, 0.2) is 0 Å². The van der Waals surface area contributed by atoms with Gasteiger partial charge in [0.05, 0.1) is 12.0 Å². The van der Waals surface area contributed by atoms with Gasteiger partial charge in [-0.1, -0.05) is 6.58 Å². The number of carbonyl (C=O) groups excluding carboxylic acids is 1. The van der Waals surface area contributed by atoms with Crippen LogP contribution in [0.25, 0.3) is 0 Å². The predicted octanol–water partition coefficient (Wildman–Crippen LogP) is 1.61. The van der Waals surface area contributed by atoms with Crippen molar-refractivity contribution in [2.45, 2.75) is 27.2 Å². The molecule has 0 aliphatic heterocycles. The standard InChI is InChI=1S/C10H16O4/c1-7(2)8(11)14-6-5-10(3,4)9(12)13/h1,5-6H2,2-4H3,(H,12,13). The van der Waals surface area contributed by atoms with Crippen molar-refractivity contribution in [1.29, 1.82) is 0 Å². The molecule has 14 heavy (non-hydrogen) atoms. The summed E-state index contributed by atoms with van der Waals surface area (Å²) in [6, 6.07) is 0. The van der Waals surface area contributed by atoms with Crippen molar-refractivity contribution in [3.05, 3.63) is 12.2 Å². The topological polar surface area (TPSA) is 63.6 Å². The van der Waals surface area contributed by atoms with Crippen molar-refractivity contribution < 1.29 is 19.4 Å². The minimum atomic E-state index is -0.899. The Morgan fingerprint density at radius 3 is 2.29 bits per heavy atom. The summed E-state index contributed by atoms with van der Waals surface area (Å²) in [6.45, 7) is 8.24. The lowest BCUT2D eigenvalue weighted by Gasteiger charge is -2.18. The Morgan fingerprint density at radius 1 is 1.43 bits per heavy atom. The number of esters is 1. The molecule has 0 saturated heterocycles. The second kappa shape index (κ2) is 4.79. The van der Waals surface area contributed by atoms with E-state index in [1.807, 2.05) is 0 Å². The van der Waals surface area contributed by atoms with Crippen LogP contribution in [0.1, 0.15) is 27.2 Å². The summed E-state index contributed by atoms with van der Waals surface area (Å²) >= 11 is 0. The van der Waals surface area contributed by atoms with Crippen molar-refractivity contribution in [1.82, 2.24) is 0 Å². The van der Waals surface area contributed by atoms with E-state index in [2.05, 4.69) is 6.58 Å². The van der Waals surface area contributed by atoms with Crippen LogP contribution in [0.15, 0.2) is 12.2 Å². The van der Waals surface area contributed by atoms with Crippen LogP contribution in [-0.4, -0.2) is 23.7 Å². The number of hydrogen-bond acceptors (Lipinski definition) is 3. The van der Waals surface area contributed by atoms with Gasteiger partial charge in [-0.2, -0.15) is 0 Å². The minimum Gasteiger partial charge on any atom is -0.481 e. The number of rotatable bonds is 5. The molecule has 0 bridgehead atoms. The molecule has 1 N–H and O–H groups in total. The molecule has 0 aliphatic rings. The summed E-state index contributed by atoms with van der Waals surface area (Å²) in [4.78, 5) is 21.6. The molecule has 0 spiro atoms. The maximum Gasteiger partial charge on any atom is 0.333 e. The Balaban J connectivity index is 3.91. The number of carboxylic acid groups (broad SMARTS) is 1. The molecule has 0 heterocycles. The van der Waals surface area contributed by atoms with Crippen LogP contribution in [0.4, 0.5) is 0 Å². The van der Waals surface area contributed by atoms with E-state index in [9.17, 15) is 9.59 Å². The average molecular weight is 200 g/mol.